The summed E-state index contributed by atoms with van der Waals surface area (Å²) in [7, 11) is 3.12. The number of methoxy groups -OCH3 is 2. The monoisotopic (exact) mass is 606 g/mol. The molecule has 0 saturated carbocycles. The number of hydrogen-bond acceptors (Lipinski definition) is 6. The average molecular weight is 607 g/mol. The highest BCUT2D eigenvalue weighted by molar-refractivity contribution is 6.31. The van der Waals surface area contributed by atoms with E-state index in [1.165, 1.54) is 11.0 Å². The molecule has 1 unspecified atom stereocenters. The fourth-order valence-electron chi connectivity index (χ4n) is 6.46. The first kappa shape index (κ1) is 27.7. The van der Waals surface area contributed by atoms with Crippen LogP contribution in [-0.2, 0) is 23.3 Å². The van der Waals surface area contributed by atoms with E-state index in [1.807, 2.05) is 66.7 Å². The molecular formula is C35H27ClN2O6. The molecule has 220 valence electrons. The molecule has 2 amide bonds. The zero-order valence-corrected chi connectivity index (χ0v) is 24.8. The molecule has 0 radical (unpaired) electrons. The highest BCUT2D eigenvalue weighted by Crippen LogP contribution is 2.53. The number of benzene rings is 4. The van der Waals surface area contributed by atoms with E-state index in [0.717, 1.165) is 11.1 Å². The van der Waals surface area contributed by atoms with Crippen molar-refractivity contribution in [3.05, 3.63) is 134 Å². The predicted octanol–water partition coefficient (Wildman–Crippen LogP) is 5.95. The summed E-state index contributed by atoms with van der Waals surface area (Å²) in [6.07, 6.45) is 0.371. The first-order chi connectivity index (χ1) is 21.4. The number of para-hydroxylation sites is 1. The van der Waals surface area contributed by atoms with Crippen LogP contribution in [0.25, 0.3) is 11.0 Å². The Balaban J connectivity index is 1.43. The minimum atomic E-state index is -1.73. The lowest BCUT2D eigenvalue weighted by Gasteiger charge is -2.34. The number of carbonyl (C=O) groups is 2. The molecule has 2 aliphatic rings. The number of halogens is 1. The summed E-state index contributed by atoms with van der Waals surface area (Å²) < 4.78 is 17.0. The van der Waals surface area contributed by atoms with Gasteiger partial charge in [0.2, 0.25) is 5.76 Å². The molecule has 1 spiro atoms. The van der Waals surface area contributed by atoms with Crippen LogP contribution >= 0.6 is 11.6 Å². The van der Waals surface area contributed by atoms with Crippen molar-refractivity contribution in [2.24, 2.45) is 0 Å². The van der Waals surface area contributed by atoms with Gasteiger partial charge in [-0.15, -0.1) is 0 Å². The molecule has 0 saturated heterocycles. The van der Waals surface area contributed by atoms with Gasteiger partial charge in [-0.3, -0.25) is 14.4 Å². The quantitative estimate of drug-likeness (QED) is 0.227. The molecule has 3 heterocycles. The van der Waals surface area contributed by atoms with Crippen molar-refractivity contribution in [2.45, 2.75) is 18.5 Å². The molecule has 7 rings (SSSR count). The van der Waals surface area contributed by atoms with Crippen LogP contribution in [0.4, 0.5) is 5.69 Å². The van der Waals surface area contributed by atoms with E-state index >= 15 is 0 Å². The zero-order chi connectivity index (χ0) is 30.6. The molecular weight excluding hydrogens is 580 g/mol. The Bertz CT molecular complexity index is 2020. The summed E-state index contributed by atoms with van der Waals surface area (Å²) in [5.41, 5.74) is 0.990. The van der Waals surface area contributed by atoms with E-state index < -0.39 is 22.8 Å². The van der Waals surface area contributed by atoms with Crippen LogP contribution in [0.5, 0.6) is 11.5 Å². The number of hydrogen-bond donors (Lipinski definition) is 0. The molecule has 0 N–H and O–H groups in total. The van der Waals surface area contributed by atoms with Crippen LogP contribution in [0.1, 0.15) is 32.8 Å². The molecule has 0 fully saturated rings. The molecule has 2 aliphatic heterocycles. The maximum Gasteiger partial charge on any atom is 0.291 e. The number of anilines is 1. The van der Waals surface area contributed by atoms with E-state index in [2.05, 4.69) is 0 Å². The Morgan fingerprint density at radius 3 is 2.34 bits per heavy atom. The van der Waals surface area contributed by atoms with Crippen LogP contribution in [0, 0.1) is 0 Å². The summed E-state index contributed by atoms with van der Waals surface area (Å²) >= 11 is 6.28. The van der Waals surface area contributed by atoms with Crippen molar-refractivity contribution >= 4 is 40.1 Å². The van der Waals surface area contributed by atoms with Crippen LogP contribution in [0.3, 0.4) is 0 Å². The molecule has 8 nitrogen and oxygen atoms in total. The Kier molecular flexibility index (Phi) is 6.66. The summed E-state index contributed by atoms with van der Waals surface area (Å²) in [5.74, 6) is 0.0673. The van der Waals surface area contributed by atoms with Gasteiger partial charge in [0.1, 0.15) is 5.58 Å². The summed E-state index contributed by atoms with van der Waals surface area (Å²) in [4.78, 5) is 46.8. The maximum atomic E-state index is 14.9. The van der Waals surface area contributed by atoms with Gasteiger partial charge in [0.15, 0.2) is 22.5 Å². The molecule has 4 aromatic carbocycles. The topological polar surface area (TPSA) is 89.3 Å². The molecule has 44 heavy (non-hydrogen) atoms. The van der Waals surface area contributed by atoms with E-state index in [9.17, 15) is 14.4 Å². The standard InChI is InChI=1S/C35H27ClN2O6/c1-42-28-14-12-21(18-29(28)43-2)16-17-38-33(40)32-30(31(39)24-19-23(36)13-15-27(24)44-32)35(38)25-10-6-7-11-26(25)37(34(35)41)20-22-8-4-3-5-9-22/h3-15,18-19H,16-17,20H2,1-2H3. The number of rotatable bonds is 7. The van der Waals surface area contributed by atoms with Crippen molar-refractivity contribution in [1.82, 2.24) is 4.90 Å². The second kappa shape index (κ2) is 10.6. The third kappa shape index (κ3) is 4.02. The average Bonchev–Trinajstić information content (AvgIpc) is 3.44. The number of carbonyl (C=O) groups excluding carboxylic acids is 2. The second-order valence-corrected chi connectivity index (χ2v) is 11.2. The van der Waals surface area contributed by atoms with Crippen LogP contribution in [0.15, 0.2) is 100 Å². The van der Waals surface area contributed by atoms with Crippen molar-refractivity contribution in [3.63, 3.8) is 0 Å². The highest BCUT2D eigenvalue weighted by Gasteiger charge is 2.64. The Hall–Kier alpha value is -5.08. The molecule has 0 aliphatic carbocycles. The van der Waals surface area contributed by atoms with Gasteiger partial charge in [-0.1, -0.05) is 66.2 Å². The van der Waals surface area contributed by atoms with Crippen LogP contribution in [-0.4, -0.2) is 37.5 Å². The predicted molar refractivity (Wildman–Crippen MR) is 167 cm³/mol. The van der Waals surface area contributed by atoms with Crippen molar-refractivity contribution in [2.75, 3.05) is 25.7 Å². The van der Waals surface area contributed by atoms with E-state index in [0.29, 0.717) is 34.2 Å². The lowest BCUT2D eigenvalue weighted by molar-refractivity contribution is -0.126. The maximum absolute atomic E-state index is 14.9. The molecule has 1 atom stereocenters. The molecule has 0 bridgehead atoms. The van der Waals surface area contributed by atoms with Crippen molar-refractivity contribution in [3.8, 4) is 11.5 Å². The number of amides is 2. The van der Waals surface area contributed by atoms with E-state index in [1.54, 1.807) is 37.3 Å². The first-order valence-corrected chi connectivity index (χ1v) is 14.5. The van der Waals surface area contributed by atoms with Gasteiger partial charge in [-0.25, -0.2) is 0 Å². The van der Waals surface area contributed by atoms with Gasteiger partial charge in [-0.2, -0.15) is 0 Å². The third-order valence-corrected chi connectivity index (χ3v) is 8.69. The van der Waals surface area contributed by atoms with Crippen LogP contribution in [0.2, 0.25) is 5.02 Å². The fraction of sp³-hybridized carbons (Fsp3) is 0.171. The summed E-state index contributed by atoms with van der Waals surface area (Å²) in [5, 5.41) is 0.550. The third-order valence-electron chi connectivity index (χ3n) is 8.45. The van der Waals surface area contributed by atoms with Crippen LogP contribution < -0.4 is 19.8 Å². The SMILES string of the molecule is COc1ccc(CCN2C(=O)c3oc4ccc(Cl)cc4c(=O)c3C23C(=O)N(Cc2ccccc2)c2ccccc23)cc1OC. The lowest BCUT2D eigenvalue weighted by Crippen LogP contribution is -2.53. The Labute approximate surface area is 258 Å². The van der Waals surface area contributed by atoms with Gasteiger partial charge in [0, 0.05) is 17.1 Å². The van der Waals surface area contributed by atoms with Gasteiger partial charge in [0.25, 0.3) is 11.8 Å². The first-order valence-electron chi connectivity index (χ1n) is 14.1. The normalized spacial score (nSPS) is 17.0. The number of nitrogens with zero attached hydrogens (tertiary/aromatic N) is 2. The smallest absolute Gasteiger partial charge is 0.291 e. The Morgan fingerprint density at radius 2 is 1.57 bits per heavy atom. The Morgan fingerprint density at radius 1 is 0.818 bits per heavy atom. The highest BCUT2D eigenvalue weighted by atomic mass is 35.5. The largest absolute Gasteiger partial charge is 0.493 e. The molecule has 5 aromatic rings. The fourth-order valence-corrected chi connectivity index (χ4v) is 6.64. The number of fused-ring (bicyclic) bond motifs is 5. The van der Waals surface area contributed by atoms with Crippen molar-refractivity contribution in [1.29, 1.82) is 0 Å². The van der Waals surface area contributed by atoms with Gasteiger partial charge in [0.05, 0.1) is 37.4 Å². The number of ether oxygens (including phenoxy) is 2. The summed E-state index contributed by atoms with van der Waals surface area (Å²) in [6, 6.07) is 27.1. The molecule has 1 aromatic heterocycles. The zero-order valence-electron chi connectivity index (χ0n) is 24.0. The van der Waals surface area contributed by atoms with Gasteiger partial charge in [-0.05, 0) is 53.9 Å². The molecule has 9 heteroatoms. The van der Waals surface area contributed by atoms with E-state index in [4.69, 9.17) is 25.5 Å². The minimum Gasteiger partial charge on any atom is -0.493 e. The van der Waals surface area contributed by atoms with Crippen molar-refractivity contribution < 1.29 is 23.5 Å². The van der Waals surface area contributed by atoms with E-state index in [-0.39, 0.29) is 35.4 Å². The lowest BCUT2D eigenvalue weighted by atomic mass is 9.83. The minimum absolute atomic E-state index is 0.0117. The summed E-state index contributed by atoms with van der Waals surface area (Å²) in [6.45, 7) is 0.379. The van der Waals surface area contributed by atoms with Gasteiger partial charge < -0.3 is 23.7 Å². The second-order valence-electron chi connectivity index (χ2n) is 10.8. The van der Waals surface area contributed by atoms with Gasteiger partial charge >= 0.3 is 0 Å².